The third-order valence-corrected chi connectivity index (χ3v) is 3.32. The van der Waals surface area contributed by atoms with Crippen molar-refractivity contribution in [2.45, 2.75) is 39.6 Å². The van der Waals surface area contributed by atoms with Gasteiger partial charge in [-0.2, -0.15) is 0 Å². The van der Waals surface area contributed by atoms with Gasteiger partial charge >= 0.3 is 0 Å². The highest BCUT2D eigenvalue weighted by Crippen LogP contribution is 2.13. The minimum Gasteiger partial charge on any atom is -0.462 e. The summed E-state index contributed by atoms with van der Waals surface area (Å²) in [7, 11) is 0. The van der Waals surface area contributed by atoms with E-state index in [0.29, 0.717) is 19.3 Å². The van der Waals surface area contributed by atoms with Crippen LogP contribution in [0.3, 0.4) is 0 Å². The van der Waals surface area contributed by atoms with Gasteiger partial charge in [0.1, 0.15) is 18.1 Å². The van der Waals surface area contributed by atoms with Gasteiger partial charge in [0.2, 0.25) is 0 Å². The number of nitrogens with one attached hydrogen (secondary N) is 1. The number of furan rings is 1. The lowest BCUT2D eigenvalue weighted by atomic mass is 10.3. The molecule has 2 rings (SSSR count). The minimum atomic E-state index is 0.466. The molecule has 0 fully saturated rings. The Morgan fingerprint density at radius 1 is 1.22 bits per heavy atom. The summed E-state index contributed by atoms with van der Waals surface area (Å²) in [6.07, 6.45) is 0. The molecule has 0 aliphatic heterocycles. The van der Waals surface area contributed by atoms with E-state index in [1.54, 1.807) is 11.3 Å². The molecule has 3 nitrogen and oxygen atoms in total. The van der Waals surface area contributed by atoms with Gasteiger partial charge in [0.05, 0.1) is 13.2 Å². The Hall–Kier alpha value is -1.10. The van der Waals surface area contributed by atoms with Gasteiger partial charge in [0.15, 0.2) is 0 Å². The molecule has 0 unspecified atom stereocenters. The summed E-state index contributed by atoms with van der Waals surface area (Å²) < 4.78 is 11.3. The molecule has 2 heterocycles. The predicted molar refractivity (Wildman–Crippen MR) is 73.5 cm³/mol. The zero-order valence-electron chi connectivity index (χ0n) is 10.8. The van der Waals surface area contributed by atoms with Gasteiger partial charge in [-0.1, -0.05) is 19.9 Å². The van der Waals surface area contributed by atoms with Crippen molar-refractivity contribution >= 4 is 11.3 Å². The Labute approximate surface area is 112 Å². The minimum absolute atomic E-state index is 0.466. The van der Waals surface area contributed by atoms with E-state index in [0.717, 1.165) is 18.1 Å². The monoisotopic (exact) mass is 265 g/mol. The summed E-state index contributed by atoms with van der Waals surface area (Å²) in [4.78, 5) is 1.24. The standard InChI is InChI=1S/C14H19NO2S/c1-11(2)15-8-12-5-6-13(17-12)9-16-10-14-4-3-7-18-14/h3-7,11,15H,8-10H2,1-2H3. The molecule has 0 spiro atoms. The molecule has 0 radical (unpaired) electrons. The van der Waals surface area contributed by atoms with Crippen molar-refractivity contribution in [3.63, 3.8) is 0 Å². The second-order valence-corrected chi connectivity index (χ2v) is 5.51. The van der Waals surface area contributed by atoms with E-state index in [1.165, 1.54) is 4.88 Å². The maximum atomic E-state index is 5.67. The van der Waals surface area contributed by atoms with Gasteiger partial charge in [0.25, 0.3) is 0 Å². The summed E-state index contributed by atoms with van der Waals surface area (Å²) >= 11 is 1.71. The summed E-state index contributed by atoms with van der Waals surface area (Å²) in [5.74, 6) is 1.84. The van der Waals surface area contributed by atoms with Crippen molar-refractivity contribution in [3.8, 4) is 0 Å². The zero-order valence-corrected chi connectivity index (χ0v) is 11.6. The molecule has 0 aromatic carbocycles. The van der Waals surface area contributed by atoms with E-state index in [1.807, 2.05) is 18.2 Å². The fourth-order valence-electron chi connectivity index (χ4n) is 1.55. The number of hydrogen-bond donors (Lipinski definition) is 1. The van der Waals surface area contributed by atoms with E-state index in [-0.39, 0.29) is 0 Å². The van der Waals surface area contributed by atoms with Crippen LogP contribution in [0.2, 0.25) is 0 Å². The lowest BCUT2D eigenvalue weighted by Crippen LogP contribution is -2.21. The first-order valence-corrected chi connectivity index (χ1v) is 7.03. The molecule has 0 saturated heterocycles. The quantitative estimate of drug-likeness (QED) is 0.831. The molecule has 98 valence electrons. The van der Waals surface area contributed by atoms with Crippen molar-refractivity contribution in [1.82, 2.24) is 5.32 Å². The Balaban J connectivity index is 1.73. The van der Waals surface area contributed by atoms with Crippen LogP contribution in [0.15, 0.2) is 34.1 Å². The highest BCUT2D eigenvalue weighted by molar-refractivity contribution is 7.09. The second-order valence-electron chi connectivity index (χ2n) is 4.48. The molecular weight excluding hydrogens is 246 g/mol. The van der Waals surface area contributed by atoms with Crippen LogP contribution in [0, 0.1) is 0 Å². The molecule has 0 amide bonds. The van der Waals surface area contributed by atoms with Gasteiger partial charge in [-0.05, 0) is 23.6 Å². The zero-order chi connectivity index (χ0) is 12.8. The maximum Gasteiger partial charge on any atom is 0.129 e. The first-order valence-electron chi connectivity index (χ1n) is 6.15. The fraction of sp³-hybridized carbons (Fsp3) is 0.429. The van der Waals surface area contributed by atoms with Gasteiger partial charge in [-0.15, -0.1) is 11.3 Å². The number of thiophene rings is 1. The molecule has 2 aromatic heterocycles. The van der Waals surface area contributed by atoms with Crippen LogP contribution in [0.1, 0.15) is 30.2 Å². The molecule has 4 heteroatoms. The highest BCUT2D eigenvalue weighted by atomic mass is 32.1. The van der Waals surface area contributed by atoms with Gasteiger partial charge in [-0.3, -0.25) is 0 Å². The molecule has 0 atom stereocenters. The normalized spacial score (nSPS) is 11.3. The van der Waals surface area contributed by atoms with E-state index >= 15 is 0 Å². The van der Waals surface area contributed by atoms with E-state index in [9.17, 15) is 0 Å². The van der Waals surface area contributed by atoms with Crippen molar-refractivity contribution in [2.75, 3.05) is 0 Å². The Kier molecular flexibility index (Phi) is 4.99. The third kappa shape index (κ3) is 4.29. The van der Waals surface area contributed by atoms with Gasteiger partial charge < -0.3 is 14.5 Å². The molecule has 2 aromatic rings. The average molecular weight is 265 g/mol. The van der Waals surface area contributed by atoms with Crippen LogP contribution in [0.5, 0.6) is 0 Å². The van der Waals surface area contributed by atoms with Gasteiger partial charge in [0, 0.05) is 10.9 Å². The SMILES string of the molecule is CC(C)NCc1ccc(COCc2cccs2)o1. The molecular formula is C14H19NO2S. The Bertz CT molecular complexity index is 448. The second kappa shape index (κ2) is 6.73. The van der Waals surface area contributed by atoms with Crippen LogP contribution in [-0.4, -0.2) is 6.04 Å². The van der Waals surface area contributed by atoms with Crippen LogP contribution < -0.4 is 5.32 Å². The van der Waals surface area contributed by atoms with E-state index < -0.39 is 0 Å². The number of hydrogen-bond acceptors (Lipinski definition) is 4. The van der Waals surface area contributed by atoms with Crippen LogP contribution in [0.4, 0.5) is 0 Å². The van der Waals surface area contributed by atoms with Crippen molar-refractivity contribution in [3.05, 3.63) is 46.0 Å². The highest BCUT2D eigenvalue weighted by Gasteiger charge is 2.03. The summed E-state index contributed by atoms with van der Waals surface area (Å²) in [5, 5.41) is 5.38. The molecule has 0 saturated carbocycles. The van der Waals surface area contributed by atoms with E-state index in [2.05, 4.69) is 30.6 Å². The summed E-state index contributed by atoms with van der Waals surface area (Å²) in [6, 6.07) is 8.55. The number of rotatable bonds is 7. The molecule has 18 heavy (non-hydrogen) atoms. The molecule has 1 N–H and O–H groups in total. The summed E-state index contributed by atoms with van der Waals surface area (Å²) in [5.41, 5.74) is 0. The number of ether oxygens (including phenoxy) is 1. The molecule has 0 aliphatic rings. The van der Waals surface area contributed by atoms with Crippen molar-refractivity contribution < 1.29 is 9.15 Å². The average Bonchev–Trinajstić information content (AvgIpc) is 2.97. The Morgan fingerprint density at radius 2 is 2.06 bits per heavy atom. The lowest BCUT2D eigenvalue weighted by molar-refractivity contribution is 0.0938. The third-order valence-electron chi connectivity index (χ3n) is 2.47. The smallest absolute Gasteiger partial charge is 0.129 e. The predicted octanol–water partition coefficient (Wildman–Crippen LogP) is 3.56. The van der Waals surface area contributed by atoms with Crippen LogP contribution in [0.25, 0.3) is 0 Å². The van der Waals surface area contributed by atoms with Crippen molar-refractivity contribution in [2.24, 2.45) is 0 Å². The maximum absolute atomic E-state index is 5.67. The topological polar surface area (TPSA) is 34.4 Å². The fourth-order valence-corrected chi connectivity index (χ4v) is 2.19. The Morgan fingerprint density at radius 3 is 2.78 bits per heavy atom. The summed E-state index contributed by atoms with van der Waals surface area (Å²) in [6.45, 7) is 6.18. The lowest BCUT2D eigenvalue weighted by Gasteiger charge is -2.05. The van der Waals surface area contributed by atoms with Crippen LogP contribution in [-0.2, 0) is 24.5 Å². The van der Waals surface area contributed by atoms with Crippen LogP contribution >= 0.6 is 11.3 Å². The molecule has 0 bridgehead atoms. The first-order chi connectivity index (χ1) is 8.74. The van der Waals surface area contributed by atoms with Gasteiger partial charge in [-0.25, -0.2) is 0 Å². The van der Waals surface area contributed by atoms with Crippen molar-refractivity contribution in [1.29, 1.82) is 0 Å². The largest absolute Gasteiger partial charge is 0.462 e. The molecule has 0 aliphatic carbocycles. The first kappa shape index (κ1) is 13.3. The van der Waals surface area contributed by atoms with E-state index in [4.69, 9.17) is 9.15 Å².